The number of nitrogens with one attached hydrogen (secondary N) is 1. The molecule has 8 heteroatoms. The Labute approximate surface area is 191 Å². The van der Waals surface area contributed by atoms with Crippen LogP contribution in [0.15, 0.2) is 58.8 Å². The SMILES string of the molecule is CCn1c2ccccc2c2cc(CN3CCC(NS(=O)(=O)c4ccc(Cl)s4)C3)ccc21. The molecule has 1 unspecified atom stereocenters. The second kappa shape index (κ2) is 8.22. The number of fused-ring (bicyclic) bond motifs is 3. The number of nitrogens with zero attached hydrogens (tertiary/aromatic N) is 2. The van der Waals surface area contributed by atoms with E-state index in [4.69, 9.17) is 11.6 Å². The third-order valence-corrected chi connectivity index (χ3v) is 9.21. The largest absolute Gasteiger partial charge is 0.341 e. The molecule has 0 amide bonds. The summed E-state index contributed by atoms with van der Waals surface area (Å²) < 4.78 is 31.1. The fourth-order valence-electron chi connectivity index (χ4n) is 4.59. The fraction of sp³-hybridized carbons (Fsp3) is 0.304. The fourth-order valence-corrected chi connectivity index (χ4v) is 7.35. The van der Waals surface area contributed by atoms with Gasteiger partial charge in [-0.15, -0.1) is 11.3 Å². The van der Waals surface area contributed by atoms with Gasteiger partial charge >= 0.3 is 0 Å². The molecule has 1 saturated heterocycles. The quantitative estimate of drug-likeness (QED) is 0.424. The number of para-hydroxylation sites is 1. The molecule has 0 radical (unpaired) electrons. The molecule has 1 aliphatic rings. The number of thiophene rings is 1. The summed E-state index contributed by atoms with van der Waals surface area (Å²) in [6, 6.07) is 18.3. The van der Waals surface area contributed by atoms with Crippen LogP contribution in [-0.4, -0.2) is 37.0 Å². The van der Waals surface area contributed by atoms with E-state index in [1.165, 1.54) is 27.4 Å². The second-order valence-electron chi connectivity index (χ2n) is 8.01. The number of hydrogen-bond acceptors (Lipinski definition) is 4. The maximum absolute atomic E-state index is 12.6. The van der Waals surface area contributed by atoms with Crippen LogP contribution in [0.4, 0.5) is 0 Å². The average molecular weight is 474 g/mol. The molecule has 162 valence electrons. The van der Waals surface area contributed by atoms with Crippen molar-refractivity contribution < 1.29 is 8.42 Å². The number of aryl methyl sites for hydroxylation is 1. The van der Waals surface area contributed by atoms with Gasteiger partial charge in [-0.2, -0.15) is 0 Å². The molecule has 4 aromatic rings. The van der Waals surface area contributed by atoms with Crippen LogP contribution >= 0.6 is 22.9 Å². The van der Waals surface area contributed by atoms with Crippen molar-refractivity contribution in [2.24, 2.45) is 0 Å². The Balaban J connectivity index is 1.32. The standard InChI is InChI=1S/C23H24ClN3O2S2/c1-2-27-20-6-4-3-5-18(20)19-13-16(7-8-21(19)27)14-26-12-11-17(15-26)25-31(28,29)23-10-9-22(24)30-23/h3-10,13,17,25H,2,11-12,14-15H2,1H3. The summed E-state index contributed by atoms with van der Waals surface area (Å²) in [5.74, 6) is 0. The zero-order valence-corrected chi connectivity index (χ0v) is 19.6. The van der Waals surface area contributed by atoms with Crippen LogP contribution in [0.1, 0.15) is 18.9 Å². The topological polar surface area (TPSA) is 54.3 Å². The van der Waals surface area contributed by atoms with Crippen molar-refractivity contribution in [3.8, 4) is 0 Å². The first-order valence-electron chi connectivity index (χ1n) is 10.4. The van der Waals surface area contributed by atoms with Crippen molar-refractivity contribution in [3.05, 3.63) is 64.5 Å². The van der Waals surface area contributed by atoms with Crippen molar-refractivity contribution in [2.45, 2.75) is 36.7 Å². The van der Waals surface area contributed by atoms with E-state index in [9.17, 15) is 8.42 Å². The number of sulfonamides is 1. The molecule has 0 saturated carbocycles. The molecule has 5 rings (SSSR count). The van der Waals surface area contributed by atoms with Gasteiger partial charge in [0, 0.05) is 54.0 Å². The van der Waals surface area contributed by atoms with Gasteiger partial charge in [-0.3, -0.25) is 4.90 Å². The van der Waals surface area contributed by atoms with Crippen molar-refractivity contribution in [1.29, 1.82) is 0 Å². The van der Waals surface area contributed by atoms with E-state index in [2.05, 4.69) is 63.6 Å². The number of benzene rings is 2. The Kier molecular flexibility index (Phi) is 5.56. The van der Waals surface area contributed by atoms with Crippen LogP contribution in [0, 0.1) is 0 Å². The molecule has 0 aliphatic carbocycles. The monoisotopic (exact) mass is 473 g/mol. The first-order valence-corrected chi connectivity index (χ1v) is 13.1. The molecular weight excluding hydrogens is 450 g/mol. The maximum Gasteiger partial charge on any atom is 0.250 e. The smallest absolute Gasteiger partial charge is 0.250 e. The molecule has 1 atom stereocenters. The lowest BCUT2D eigenvalue weighted by Crippen LogP contribution is -2.36. The third kappa shape index (κ3) is 4.01. The van der Waals surface area contributed by atoms with Crippen molar-refractivity contribution in [2.75, 3.05) is 13.1 Å². The normalized spacial score (nSPS) is 17.8. The lowest BCUT2D eigenvalue weighted by Gasteiger charge is -2.17. The summed E-state index contributed by atoms with van der Waals surface area (Å²) in [6.45, 7) is 5.49. The summed E-state index contributed by atoms with van der Waals surface area (Å²) in [5.41, 5.74) is 3.77. The van der Waals surface area contributed by atoms with E-state index in [1.807, 2.05) is 0 Å². The molecule has 31 heavy (non-hydrogen) atoms. The van der Waals surface area contributed by atoms with Crippen molar-refractivity contribution in [3.63, 3.8) is 0 Å². The predicted octanol–water partition coefficient (Wildman–Crippen LogP) is 5.08. The highest BCUT2D eigenvalue weighted by atomic mass is 35.5. The minimum absolute atomic E-state index is 0.0865. The molecule has 1 fully saturated rings. The van der Waals surface area contributed by atoms with Gasteiger partial charge in [0.15, 0.2) is 0 Å². The maximum atomic E-state index is 12.6. The Morgan fingerprint density at radius 3 is 2.68 bits per heavy atom. The molecule has 3 heterocycles. The Hall–Kier alpha value is -1.90. The van der Waals surface area contributed by atoms with Gasteiger partial charge in [-0.1, -0.05) is 35.9 Å². The Morgan fingerprint density at radius 1 is 1.10 bits per heavy atom. The molecular formula is C23H24ClN3O2S2. The molecule has 0 spiro atoms. The van der Waals surface area contributed by atoms with Gasteiger partial charge in [0.1, 0.15) is 4.21 Å². The molecule has 2 aromatic carbocycles. The van der Waals surface area contributed by atoms with E-state index < -0.39 is 10.0 Å². The highest BCUT2D eigenvalue weighted by Gasteiger charge is 2.28. The first kappa shape index (κ1) is 21.0. The predicted molar refractivity (Wildman–Crippen MR) is 128 cm³/mol. The highest BCUT2D eigenvalue weighted by Crippen LogP contribution is 2.30. The van der Waals surface area contributed by atoms with Crippen molar-refractivity contribution in [1.82, 2.24) is 14.2 Å². The van der Waals surface area contributed by atoms with E-state index in [0.29, 0.717) is 10.9 Å². The first-order chi connectivity index (χ1) is 14.9. The zero-order valence-electron chi connectivity index (χ0n) is 17.2. The highest BCUT2D eigenvalue weighted by molar-refractivity contribution is 7.91. The Bertz CT molecular complexity index is 1360. The van der Waals surface area contributed by atoms with Crippen molar-refractivity contribution >= 4 is 54.8 Å². The van der Waals surface area contributed by atoms with Crippen LogP contribution in [0.25, 0.3) is 21.8 Å². The lowest BCUT2D eigenvalue weighted by atomic mass is 10.1. The van der Waals surface area contributed by atoms with Gasteiger partial charge in [0.25, 0.3) is 0 Å². The van der Waals surface area contributed by atoms with E-state index in [1.54, 1.807) is 12.1 Å². The van der Waals surface area contributed by atoms with Crippen LogP contribution in [0.3, 0.4) is 0 Å². The van der Waals surface area contributed by atoms with Gasteiger partial charge < -0.3 is 4.57 Å². The molecule has 1 N–H and O–H groups in total. The summed E-state index contributed by atoms with van der Waals surface area (Å²) in [5, 5.41) is 2.56. The third-order valence-electron chi connectivity index (χ3n) is 5.97. The number of hydrogen-bond donors (Lipinski definition) is 1. The minimum Gasteiger partial charge on any atom is -0.341 e. The minimum atomic E-state index is -3.52. The van der Waals surface area contributed by atoms with Gasteiger partial charge in [0.05, 0.1) is 4.34 Å². The number of halogens is 1. The summed E-state index contributed by atoms with van der Waals surface area (Å²) >= 11 is 6.99. The summed E-state index contributed by atoms with van der Waals surface area (Å²) in [7, 11) is -3.52. The van der Waals surface area contributed by atoms with Crippen LogP contribution in [0.5, 0.6) is 0 Å². The molecule has 5 nitrogen and oxygen atoms in total. The van der Waals surface area contributed by atoms with Crippen LogP contribution < -0.4 is 4.72 Å². The van der Waals surface area contributed by atoms with Gasteiger partial charge in [0.2, 0.25) is 10.0 Å². The Morgan fingerprint density at radius 2 is 1.90 bits per heavy atom. The number of rotatable bonds is 6. The number of aromatic nitrogens is 1. The van der Waals surface area contributed by atoms with Crippen LogP contribution in [-0.2, 0) is 23.1 Å². The zero-order chi connectivity index (χ0) is 21.6. The van der Waals surface area contributed by atoms with E-state index in [0.717, 1.165) is 37.4 Å². The van der Waals surface area contributed by atoms with E-state index in [-0.39, 0.29) is 10.3 Å². The van der Waals surface area contributed by atoms with Gasteiger partial charge in [-0.05, 0) is 49.2 Å². The van der Waals surface area contributed by atoms with E-state index >= 15 is 0 Å². The van der Waals surface area contributed by atoms with Gasteiger partial charge in [-0.25, -0.2) is 13.1 Å². The average Bonchev–Trinajstić information content (AvgIpc) is 3.45. The molecule has 0 bridgehead atoms. The number of likely N-dealkylation sites (tertiary alicyclic amines) is 1. The summed E-state index contributed by atoms with van der Waals surface area (Å²) in [4.78, 5) is 2.31. The molecule has 1 aliphatic heterocycles. The second-order valence-corrected chi connectivity index (χ2v) is 11.7. The molecule has 2 aromatic heterocycles. The van der Waals surface area contributed by atoms with Crippen LogP contribution in [0.2, 0.25) is 4.34 Å². The summed E-state index contributed by atoms with van der Waals surface area (Å²) in [6.07, 6.45) is 0.801. The lowest BCUT2D eigenvalue weighted by molar-refractivity contribution is 0.325.